The topological polar surface area (TPSA) is 35.2 Å². The Morgan fingerprint density at radius 3 is 2.50 bits per heavy atom. The van der Waals surface area contributed by atoms with E-state index in [0.29, 0.717) is 5.41 Å². The summed E-state index contributed by atoms with van der Waals surface area (Å²) in [7, 11) is 1.76. The maximum Gasteiger partial charge on any atom is 0.122 e. The summed E-state index contributed by atoms with van der Waals surface area (Å²) >= 11 is 0. The molecule has 2 saturated carbocycles. The summed E-state index contributed by atoms with van der Waals surface area (Å²) in [6, 6.07) is 6.48. The van der Waals surface area contributed by atoms with E-state index in [1.54, 1.807) is 7.11 Å². The molecule has 0 unspecified atom stereocenters. The van der Waals surface area contributed by atoms with Gasteiger partial charge in [-0.2, -0.15) is 0 Å². The van der Waals surface area contributed by atoms with E-state index in [4.69, 9.17) is 10.5 Å². The molecule has 98 valence electrons. The normalized spacial score (nSPS) is 23.3. The highest BCUT2D eigenvalue weighted by molar-refractivity contribution is 5.45. The van der Waals surface area contributed by atoms with Gasteiger partial charge >= 0.3 is 0 Å². The van der Waals surface area contributed by atoms with Crippen LogP contribution in [0, 0.1) is 12.3 Å². The van der Waals surface area contributed by atoms with Gasteiger partial charge in [0.2, 0.25) is 0 Å². The van der Waals surface area contributed by atoms with E-state index < -0.39 is 0 Å². The van der Waals surface area contributed by atoms with Gasteiger partial charge in [-0.3, -0.25) is 0 Å². The summed E-state index contributed by atoms with van der Waals surface area (Å²) in [6.07, 6.45) is 6.74. The molecule has 3 rings (SSSR count). The minimum Gasteiger partial charge on any atom is -0.496 e. The highest BCUT2D eigenvalue weighted by Crippen LogP contribution is 2.65. The van der Waals surface area contributed by atoms with Crippen LogP contribution in [0.15, 0.2) is 18.2 Å². The molecule has 0 amide bonds. The van der Waals surface area contributed by atoms with Crippen molar-refractivity contribution in [2.24, 2.45) is 11.1 Å². The zero-order valence-corrected chi connectivity index (χ0v) is 11.5. The predicted octanol–water partition coefficient (Wildman–Crippen LogP) is 3.16. The molecular formula is C16H23NO. The molecule has 0 aromatic heterocycles. The van der Waals surface area contributed by atoms with Crippen molar-refractivity contribution in [3.05, 3.63) is 29.3 Å². The van der Waals surface area contributed by atoms with E-state index in [1.807, 2.05) is 0 Å². The van der Waals surface area contributed by atoms with Crippen LogP contribution in [0.5, 0.6) is 5.75 Å². The maximum absolute atomic E-state index is 6.12. The molecule has 2 aliphatic carbocycles. The first-order chi connectivity index (χ1) is 8.63. The van der Waals surface area contributed by atoms with Crippen molar-refractivity contribution in [2.75, 3.05) is 13.7 Å². The molecule has 0 saturated heterocycles. The molecular weight excluding hydrogens is 222 g/mol. The van der Waals surface area contributed by atoms with Crippen LogP contribution in [0.1, 0.15) is 43.2 Å². The average molecular weight is 245 g/mol. The molecule has 0 bridgehead atoms. The minimum absolute atomic E-state index is 0.178. The van der Waals surface area contributed by atoms with E-state index in [1.165, 1.54) is 43.2 Å². The third-order valence-electron chi connectivity index (χ3n) is 5.16. The molecule has 0 atom stereocenters. The molecule has 1 aromatic rings. The lowest BCUT2D eigenvalue weighted by molar-refractivity contribution is -0.0455. The Labute approximate surface area is 110 Å². The van der Waals surface area contributed by atoms with Gasteiger partial charge in [-0.05, 0) is 44.1 Å². The Morgan fingerprint density at radius 2 is 2.00 bits per heavy atom. The average Bonchev–Trinajstić information content (AvgIpc) is 2.27. The van der Waals surface area contributed by atoms with Crippen LogP contribution in [0.3, 0.4) is 0 Å². The molecule has 2 heteroatoms. The molecule has 2 aliphatic rings. The van der Waals surface area contributed by atoms with Gasteiger partial charge in [0, 0.05) is 17.5 Å². The Hall–Kier alpha value is -1.02. The van der Waals surface area contributed by atoms with Crippen molar-refractivity contribution >= 4 is 0 Å². The van der Waals surface area contributed by atoms with Crippen molar-refractivity contribution < 1.29 is 4.74 Å². The second kappa shape index (κ2) is 3.99. The summed E-state index contributed by atoms with van der Waals surface area (Å²) in [4.78, 5) is 0. The second-order valence-electron chi connectivity index (χ2n) is 6.40. The molecule has 0 radical (unpaired) electrons. The number of ether oxygens (including phenoxy) is 1. The highest BCUT2D eigenvalue weighted by atomic mass is 16.5. The Balaban J connectivity index is 1.95. The highest BCUT2D eigenvalue weighted by Gasteiger charge is 2.57. The van der Waals surface area contributed by atoms with Crippen LogP contribution < -0.4 is 10.5 Å². The largest absolute Gasteiger partial charge is 0.496 e. The number of rotatable bonds is 3. The SMILES string of the molecule is COc1ccc(C)cc1C1(CN)CC2(CCC2)C1. The number of hydrogen-bond donors (Lipinski definition) is 1. The lowest BCUT2D eigenvalue weighted by atomic mass is 9.43. The Kier molecular flexibility index (Phi) is 2.67. The van der Waals surface area contributed by atoms with Crippen molar-refractivity contribution in [2.45, 2.75) is 44.4 Å². The number of benzene rings is 1. The molecule has 2 fully saturated rings. The van der Waals surface area contributed by atoms with Crippen LogP contribution >= 0.6 is 0 Å². The zero-order chi connectivity index (χ0) is 12.8. The third kappa shape index (κ3) is 1.58. The summed E-state index contributed by atoms with van der Waals surface area (Å²) in [5.41, 5.74) is 9.57. The van der Waals surface area contributed by atoms with Gasteiger partial charge in [-0.1, -0.05) is 24.1 Å². The lowest BCUT2D eigenvalue weighted by Gasteiger charge is -2.61. The Morgan fingerprint density at radius 1 is 1.28 bits per heavy atom. The predicted molar refractivity (Wildman–Crippen MR) is 74.0 cm³/mol. The van der Waals surface area contributed by atoms with E-state index >= 15 is 0 Å². The zero-order valence-electron chi connectivity index (χ0n) is 11.5. The van der Waals surface area contributed by atoms with Gasteiger partial charge in [0.05, 0.1) is 7.11 Å². The van der Waals surface area contributed by atoms with Crippen molar-refractivity contribution in [3.8, 4) is 5.75 Å². The van der Waals surface area contributed by atoms with Crippen LogP contribution in [-0.4, -0.2) is 13.7 Å². The van der Waals surface area contributed by atoms with Gasteiger partial charge < -0.3 is 10.5 Å². The molecule has 0 aliphatic heterocycles. The first kappa shape index (κ1) is 12.0. The summed E-state index contributed by atoms with van der Waals surface area (Å²) in [6.45, 7) is 2.89. The van der Waals surface area contributed by atoms with Gasteiger partial charge in [-0.25, -0.2) is 0 Å². The van der Waals surface area contributed by atoms with Crippen LogP contribution in [0.4, 0.5) is 0 Å². The molecule has 0 heterocycles. The fourth-order valence-corrected chi connectivity index (χ4v) is 4.10. The fourth-order valence-electron chi connectivity index (χ4n) is 4.10. The van der Waals surface area contributed by atoms with E-state index in [-0.39, 0.29) is 5.41 Å². The first-order valence-electron chi connectivity index (χ1n) is 6.98. The van der Waals surface area contributed by atoms with Crippen LogP contribution in [0.25, 0.3) is 0 Å². The molecule has 1 spiro atoms. The van der Waals surface area contributed by atoms with Gasteiger partial charge in [0.15, 0.2) is 0 Å². The standard InChI is InChI=1S/C16H23NO/c1-12-4-5-14(18-2)13(8-12)16(11-17)9-15(10-16)6-3-7-15/h4-5,8H,3,6-7,9-11,17H2,1-2H3. The second-order valence-corrected chi connectivity index (χ2v) is 6.40. The van der Waals surface area contributed by atoms with Gasteiger partial charge in [-0.15, -0.1) is 0 Å². The van der Waals surface area contributed by atoms with E-state index in [2.05, 4.69) is 25.1 Å². The third-order valence-corrected chi connectivity index (χ3v) is 5.16. The van der Waals surface area contributed by atoms with Crippen molar-refractivity contribution in [3.63, 3.8) is 0 Å². The van der Waals surface area contributed by atoms with Gasteiger partial charge in [0.1, 0.15) is 5.75 Å². The summed E-state index contributed by atoms with van der Waals surface area (Å²) in [5.74, 6) is 1.01. The smallest absolute Gasteiger partial charge is 0.122 e. The number of methoxy groups -OCH3 is 1. The minimum atomic E-state index is 0.178. The summed E-state index contributed by atoms with van der Waals surface area (Å²) in [5, 5.41) is 0. The van der Waals surface area contributed by atoms with E-state index in [0.717, 1.165) is 12.3 Å². The number of nitrogens with two attached hydrogens (primary N) is 1. The van der Waals surface area contributed by atoms with Gasteiger partial charge in [0.25, 0.3) is 0 Å². The van der Waals surface area contributed by atoms with E-state index in [9.17, 15) is 0 Å². The molecule has 1 aromatic carbocycles. The van der Waals surface area contributed by atoms with Crippen LogP contribution in [0.2, 0.25) is 0 Å². The van der Waals surface area contributed by atoms with Crippen LogP contribution in [-0.2, 0) is 5.41 Å². The number of hydrogen-bond acceptors (Lipinski definition) is 2. The Bertz CT molecular complexity index is 454. The number of aryl methyl sites for hydroxylation is 1. The maximum atomic E-state index is 6.12. The quantitative estimate of drug-likeness (QED) is 0.887. The molecule has 18 heavy (non-hydrogen) atoms. The lowest BCUT2D eigenvalue weighted by Crippen LogP contribution is -2.56. The van der Waals surface area contributed by atoms with Crippen molar-refractivity contribution in [1.82, 2.24) is 0 Å². The fraction of sp³-hybridized carbons (Fsp3) is 0.625. The first-order valence-corrected chi connectivity index (χ1v) is 6.98. The van der Waals surface area contributed by atoms with Crippen molar-refractivity contribution in [1.29, 1.82) is 0 Å². The monoisotopic (exact) mass is 245 g/mol. The molecule has 2 nitrogen and oxygen atoms in total. The summed E-state index contributed by atoms with van der Waals surface area (Å²) < 4.78 is 5.55. The molecule has 2 N–H and O–H groups in total.